The molecule has 2 fully saturated rings. The molecule has 43 heavy (non-hydrogen) atoms. The molecule has 2 aromatic carbocycles. The SMILES string of the molecule is CCN(CC)c1ccc(/C=C/c2cc(C)no2)c(OCC(O)CN2CCN(Cc3ccccc3C3CCCCC3)CC2)c1. The van der Waals surface area contributed by atoms with Gasteiger partial charge in [-0.2, -0.15) is 0 Å². The summed E-state index contributed by atoms with van der Waals surface area (Å²) in [5.41, 5.74) is 5.99. The molecule has 1 aliphatic carbocycles. The van der Waals surface area contributed by atoms with E-state index in [1.165, 1.54) is 37.7 Å². The Morgan fingerprint density at radius 2 is 1.72 bits per heavy atom. The zero-order valence-electron chi connectivity index (χ0n) is 26.4. The average molecular weight is 587 g/mol. The predicted molar refractivity (Wildman–Crippen MR) is 176 cm³/mol. The minimum atomic E-state index is -0.565. The van der Waals surface area contributed by atoms with Crippen molar-refractivity contribution in [2.75, 3.05) is 57.3 Å². The van der Waals surface area contributed by atoms with Gasteiger partial charge in [-0.25, -0.2) is 0 Å². The first-order valence-electron chi connectivity index (χ1n) is 16.4. The van der Waals surface area contributed by atoms with Gasteiger partial charge in [-0.1, -0.05) is 48.7 Å². The van der Waals surface area contributed by atoms with Crippen LogP contribution in [0.4, 0.5) is 5.69 Å². The highest BCUT2D eigenvalue weighted by Gasteiger charge is 2.23. The van der Waals surface area contributed by atoms with Gasteiger partial charge in [0.25, 0.3) is 0 Å². The van der Waals surface area contributed by atoms with Gasteiger partial charge in [-0.05, 0) is 74.9 Å². The van der Waals surface area contributed by atoms with Crippen LogP contribution in [0, 0.1) is 6.92 Å². The van der Waals surface area contributed by atoms with Gasteiger partial charge in [-0.15, -0.1) is 0 Å². The molecule has 1 atom stereocenters. The van der Waals surface area contributed by atoms with Gasteiger partial charge in [0, 0.05) is 75.7 Å². The van der Waals surface area contributed by atoms with Crippen LogP contribution in [0.5, 0.6) is 5.75 Å². The van der Waals surface area contributed by atoms with Gasteiger partial charge in [-0.3, -0.25) is 9.80 Å². The Hall–Kier alpha value is -3.13. The number of ether oxygens (including phenoxy) is 1. The molecule has 1 aliphatic heterocycles. The topological polar surface area (TPSA) is 65.2 Å². The van der Waals surface area contributed by atoms with E-state index in [0.29, 0.717) is 12.3 Å². The lowest BCUT2D eigenvalue weighted by Gasteiger charge is -2.36. The number of aryl methyl sites for hydroxylation is 1. The summed E-state index contributed by atoms with van der Waals surface area (Å²) in [4.78, 5) is 7.25. The number of aliphatic hydroxyl groups excluding tert-OH is 1. The number of anilines is 1. The van der Waals surface area contributed by atoms with E-state index in [2.05, 4.69) is 76.2 Å². The third-order valence-corrected chi connectivity index (χ3v) is 9.06. The van der Waals surface area contributed by atoms with Crippen molar-refractivity contribution in [3.05, 3.63) is 76.7 Å². The standard InChI is InChI=1S/C36H50N4O3/c1-4-40(5-2)32-17-15-30(16-18-34-23-28(3)37-43-34)36(24-32)42-27-33(41)26-39-21-19-38(20-22-39)25-31-13-9-10-14-35(31)29-11-7-6-8-12-29/h9-10,13-18,23-24,29,33,41H,4-8,11-12,19-22,25-27H2,1-3H3/b18-16+. The van der Waals surface area contributed by atoms with Crippen LogP contribution >= 0.6 is 0 Å². The number of piperazine rings is 1. The first kappa shape index (κ1) is 31.3. The van der Waals surface area contributed by atoms with Crippen LogP contribution in [0.3, 0.4) is 0 Å². The number of rotatable bonds is 13. The van der Waals surface area contributed by atoms with Crippen molar-refractivity contribution in [3.63, 3.8) is 0 Å². The lowest BCUT2D eigenvalue weighted by molar-refractivity contribution is 0.0445. The van der Waals surface area contributed by atoms with Gasteiger partial charge in [0.15, 0.2) is 5.76 Å². The Balaban J connectivity index is 1.14. The molecule has 232 valence electrons. The average Bonchev–Trinajstić information content (AvgIpc) is 3.46. The first-order chi connectivity index (χ1) is 21.0. The molecule has 1 saturated carbocycles. The Bertz CT molecular complexity index is 1300. The van der Waals surface area contributed by atoms with Crippen molar-refractivity contribution in [1.29, 1.82) is 0 Å². The molecule has 1 aromatic heterocycles. The second kappa shape index (κ2) is 15.6. The molecule has 5 rings (SSSR count). The van der Waals surface area contributed by atoms with E-state index in [4.69, 9.17) is 9.26 Å². The minimum Gasteiger partial charge on any atom is -0.490 e. The quantitative estimate of drug-likeness (QED) is 0.242. The fourth-order valence-corrected chi connectivity index (χ4v) is 6.60. The Morgan fingerprint density at radius 3 is 2.44 bits per heavy atom. The maximum absolute atomic E-state index is 11.0. The van der Waals surface area contributed by atoms with E-state index in [-0.39, 0.29) is 6.61 Å². The van der Waals surface area contributed by atoms with Crippen LogP contribution in [0.2, 0.25) is 0 Å². The maximum Gasteiger partial charge on any atom is 0.159 e. The Kier molecular flexibility index (Phi) is 11.3. The molecule has 1 saturated heterocycles. The Morgan fingerprint density at radius 1 is 0.977 bits per heavy atom. The van der Waals surface area contributed by atoms with Gasteiger partial charge >= 0.3 is 0 Å². The second-order valence-corrected chi connectivity index (χ2v) is 12.2. The number of hydrogen-bond donors (Lipinski definition) is 1. The van der Waals surface area contributed by atoms with Crippen molar-refractivity contribution in [2.45, 2.75) is 71.4 Å². The number of aliphatic hydroxyl groups is 1. The van der Waals surface area contributed by atoms with Crippen LogP contribution in [-0.4, -0.2) is 78.6 Å². The van der Waals surface area contributed by atoms with Crippen molar-refractivity contribution in [1.82, 2.24) is 15.0 Å². The number of β-amino-alcohol motifs (C(OH)–C–C–N with tert-alkyl or cyclic N) is 1. The molecule has 1 unspecified atom stereocenters. The molecular weight excluding hydrogens is 536 g/mol. The van der Waals surface area contributed by atoms with Crippen LogP contribution in [0.1, 0.15) is 80.0 Å². The third kappa shape index (κ3) is 8.71. The normalized spacial score (nSPS) is 17.9. The summed E-state index contributed by atoms with van der Waals surface area (Å²) < 4.78 is 11.6. The number of benzene rings is 2. The van der Waals surface area contributed by atoms with E-state index in [0.717, 1.165) is 74.4 Å². The molecule has 0 spiro atoms. The van der Waals surface area contributed by atoms with Crippen molar-refractivity contribution in [2.24, 2.45) is 0 Å². The predicted octanol–water partition coefficient (Wildman–Crippen LogP) is 6.60. The Labute approximate surface area is 258 Å². The summed E-state index contributed by atoms with van der Waals surface area (Å²) >= 11 is 0. The van der Waals surface area contributed by atoms with Crippen LogP contribution in [0.25, 0.3) is 12.2 Å². The highest BCUT2D eigenvalue weighted by atomic mass is 16.5. The van der Waals surface area contributed by atoms with E-state index in [1.807, 2.05) is 25.1 Å². The van der Waals surface area contributed by atoms with E-state index >= 15 is 0 Å². The zero-order valence-corrected chi connectivity index (χ0v) is 26.4. The molecule has 0 amide bonds. The van der Waals surface area contributed by atoms with Crippen molar-refractivity contribution >= 4 is 17.8 Å². The number of aromatic nitrogens is 1. The lowest BCUT2D eigenvalue weighted by atomic mass is 9.82. The fourth-order valence-electron chi connectivity index (χ4n) is 6.60. The van der Waals surface area contributed by atoms with Gasteiger partial charge in [0.2, 0.25) is 0 Å². The molecule has 2 aliphatic rings. The second-order valence-electron chi connectivity index (χ2n) is 12.2. The molecular formula is C36H50N4O3. The largest absolute Gasteiger partial charge is 0.490 e. The maximum atomic E-state index is 11.0. The third-order valence-electron chi connectivity index (χ3n) is 9.06. The van der Waals surface area contributed by atoms with Gasteiger partial charge in [0.05, 0.1) is 5.69 Å². The summed E-state index contributed by atoms with van der Waals surface area (Å²) in [6, 6.07) is 17.3. The van der Waals surface area contributed by atoms with E-state index < -0.39 is 6.10 Å². The van der Waals surface area contributed by atoms with Crippen molar-refractivity contribution < 1.29 is 14.4 Å². The number of hydrogen-bond acceptors (Lipinski definition) is 7. The van der Waals surface area contributed by atoms with Crippen LogP contribution in [0.15, 0.2) is 53.1 Å². The lowest BCUT2D eigenvalue weighted by Crippen LogP contribution is -2.48. The van der Waals surface area contributed by atoms with Crippen LogP contribution in [-0.2, 0) is 6.54 Å². The monoisotopic (exact) mass is 586 g/mol. The summed E-state index contributed by atoms with van der Waals surface area (Å²) in [5.74, 6) is 2.20. The van der Waals surface area contributed by atoms with Crippen LogP contribution < -0.4 is 9.64 Å². The zero-order chi connectivity index (χ0) is 30.0. The fraction of sp³-hybridized carbons (Fsp3) is 0.528. The van der Waals surface area contributed by atoms with Gasteiger partial charge < -0.3 is 19.3 Å². The summed E-state index contributed by atoms with van der Waals surface area (Å²) in [6.45, 7) is 13.9. The van der Waals surface area contributed by atoms with E-state index in [9.17, 15) is 5.11 Å². The van der Waals surface area contributed by atoms with Crippen molar-refractivity contribution in [3.8, 4) is 5.75 Å². The molecule has 0 bridgehead atoms. The number of nitrogens with zero attached hydrogens (tertiary/aromatic N) is 4. The molecule has 0 radical (unpaired) electrons. The smallest absolute Gasteiger partial charge is 0.159 e. The molecule has 7 nitrogen and oxygen atoms in total. The highest BCUT2D eigenvalue weighted by Crippen LogP contribution is 2.35. The van der Waals surface area contributed by atoms with E-state index in [1.54, 1.807) is 5.56 Å². The molecule has 7 heteroatoms. The highest BCUT2D eigenvalue weighted by molar-refractivity contribution is 5.73. The first-order valence-corrected chi connectivity index (χ1v) is 16.4. The molecule has 1 N–H and O–H groups in total. The summed E-state index contributed by atoms with van der Waals surface area (Å²) in [7, 11) is 0. The van der Waals surface area contributed by atoms with Gasteiger partial charge in [0.1, 0.15) is 18.5 Å². The summed E-state index contributed by atoms with van der Waals surface area (Å²) in [5, 5.41) is 15.0. The molecule has 3 aromatic rings. The minimum absolute atomic E-state index is 0.249. The summed E-state index contributed by atoms with van der Waals surface area (Å²) in [6.07, 6.45) is 10.1. The molecule has 2 heterocycles.